The number of hydrogen-bond donors (Lipinski definition) is 1. The van der Waals surface area contributed by atoms with Gasteiger partial charge in [-0.05, 0) is 12.8 Å². The van der Waals surface area contributed by atoms with Gasteiger partial charge < -0.3 is 14.6 Å². The van der Waals surface area contributed by atoms with Crippen molar-refractivity contribution < 1.29 is 29.0 Å². The Morgan fingerprint density at radius 1 is 0.478 bits per heavy atom. The van der Waals surface area contributed by atoms with E-state index in [1.54, 1.807) is 5.94 Å². The van der Waals surface area contributed by atoms with Crippen molar-refractivity contribution in [3.63, 3.8) is 0 Å². The fourth-order valence-corrected chi connectivity index (χ4v) is 6.00. The molecule has 270 valence electrons. The van der Waals surface area contributed by atoms with Crippen LogP contribution in [0.2, 0.25) is 0 Å². The first-order chi connectivity index (χ1) is 22.6. The number of unbranched alkanes of at least 4 members (excludes halogenated alkanes) is 28. The fourth-order valence-electron chi connectivity index (χ4n) is 6.00. The van der Waals surface area contributed by atoms with Crippen molar-refractivity contribution in [1.82, 2.24) is 0 Å². The first-order valence-corrected chi connectivity index (χ1v) is 19.8. The van der Waals surface area contributed by atoms with E-state index < -0.39 is 30.4 Å². The third-order valence-electron chi connectivity index (χ3n) is 9.03. The zero-order chi connectivity index (χ0) is 33.8. The van der Waals surface area contributed by atoms with Crippen molar-refractivity contribution in [2.24, 2.45) is 0 Å². The summed E-state index contributed by atoms with van der Waals surface area (Å²) in [5, 5.41) is 9.64. The van der Waals surface area contributed by atoms with E-state index >= 15 is 0 Å². The van der Waals surface area contributed by atoms with Crippen molar-refractivity contribution in [3.8, 4) is 0 Å². The molecule has 6 nitrogen and oxygen atoms in total. The van der Waals surface area contributed by atoms with Crippen LogP contribution < -0.4 is 0 Å². The molecule has 0 heterocycles. The molecule has 0 aromatic carbocycles. The lowest BCUT2D eigenvalue weighted by Crippen LogP contribution is -2.27. The van der Waals surface area contributed by atoms with E-state index in [9.17, 15) is 19.5 Å². The van der Waals surface area contributed by atoms with Crippen molar-refractivity contribution in [3.05, 3.63) is 5.76 Å². The van der Waals surface area contributed by atoms with Gasteiger partial charge >= 0.3 is 11.9 Å². The summed E-state index contributed by atoms with van der Waals surface area (Å²) in [4.78, 5) is 35.9. The quantitative estimate of drug-likeness (QED) is 0.0314. The number of rotatable bonds is 36. The lowest BCUT2D eigenvalue weighted by Gasteiger charge is -2.16. The molecule has 0 fully saturated rings. The number of aliphatic hydroxyl groups excluding tert-OH is 1. The van der Waals surface area contributed by atoms with E-state index in [-0.39, 0.29) is 12.8 Å². The van der Waals surface area contributed by atoms with Crippen molar-refractivity contribution in [1.29, 1.82) is 0 Å². The van der Waals surface area contributed by atoms with E-state index in [0.717, 1.165) is 25.7 Å². The molecule has 0 rings (SSSR count). The molecule has 0 amide bonds. The molecule has 0 bridgehead atoms. The molecular formula is C40H74O6. The third-order valence-corrected chi connectivity index (χ3v) is 9.03. The van der Waals surface area contributed by atoms with Crippen LogP contribution in [0.5, 0.6) is 0 Å². The SMILES string of the molecule is CCCCCCCCCCCCCCCCCC(=O)OC(=C=O)C(CO)OC(=O)CCCCCCCCCCCCCCCCC. The maximum absolute atomic E-state index is 12.3. The molecule has 0 aliphatic heterocycles. The lowest BCUT2D eigenvalue weighted by atomic mass is 10.0. The zero-order valence-electron chi connectivity index (χ0n) is 30.4. The van der Waals surface area contributed by atoms with E-state index in [2.05, 4.69) is 13.8 Å². The summed E-state index contributed by atoms with van der Waals surface area (Å²) in [6.07, 6.45) is 36.5. The van der Waals surface area contributed by atoms with Crippen LogP contribution in [0, 0.1) is 0 Å². The van der Waals surface area contributed by atoms with Gasteiger partial charge in [0, 0.05) is 12.8 Å². The fraction of sp³-hybridized carbons (Fsp3) is 0.900. The summed E-state index contributed by atoms with van der Waals surface area (Å²) in [6, 6.07) is 0. The molecule has 0 aromatic heterocycles. The van der Waals surface area contributed by atoms with Gasteiger partial charge in [0.15, 0.2) is 12.0 Å². The van der Waals surface area contributed by atoms with Crippen LogP contribution >= 0.6 is 0 Å². The number of aliphatic hydroxyl groups is 1. The first kappa shape index (κ1) is 44.4. The second-order valence-corrected chi connectivity index (χ2v) is 13.5. The third kappa shape index (κ3) is 31.0. The van der Waals surface area contributed by atoms with Gasteiger partial charge in [-0.2, -0.15) is 0 Å². The molecule has 0 saturated heterocycles. The first-order valence-electron chi connectivity index (χ1n) is 19.8. The minimum Gasteiger partial charge on any atom is -0.451 e. The highest BCUT2D eigenvalue weighted by molar-refractivity contribution is 5.74. The topological polar surface area (TPSA) is 89.9 Å². The van der Waals surface area contributed by atoms with Crippen LogP contribution in [0.15, 0.2) is 5.76 Å². The second-order valence-electron chi connectivity index (χ2n) is 13.5. The Hall–Kier alpha value is -1.65. The summed E-state index contributed by atoms with van der Waals surface area (Å²) < 4.78 is 10.4. The number of carbonyl (C=O) groups is 2. The number of hydrogen-bond acceptors (Lipinski definition) is 6. The molecule has 6 heteroatoms. The summed E-state index contributed by atoms with van der Waals surface area (Å²) in [7, 11) is 0. The Kier molecular flexibility index (Phi) is 34.9. The van der Waals surface area contributed by atoms with Gasteiger partial charge in [-0.3, -0.25) is 9.59 Å². The molecule has 1 unspecified atom stereocenters. The summed E-state index contributed by atoms with van der Waals surface area (Å²) in [6.45, 7) is 3.89. The normalized spacial score (nSPS) is 11.7. The number of carbonyl (C=O) groups excluding carboxylic acids is 3. The monoisotopic (exact) mass is 651 g/mol. The molecule has 1 N–H and O–H groups in total. The molecular weight excluding hydrogens is 576 g/mol. The molecule has 0 saturated carbocycles. The van der Waals surface area contributed by atoms with E-state index in [1.807, 2.05) is 0 Å². The average molecular weight is 651 g/mol. The Morgan fingerprint density at radius 2 is 0.761 bits per heavy atom. The largest absolute Gasteiger partial charge is 0.451 e. The molecule has 46 heavy (non-hydrogen) atoms. The molecule has 1 atom stereocenters. The second kappa shape index (κ2) is 36.2. The van der Waals surface area contributed by atoms with Crippen molar-refractivity contribution in [2.75, 3.05) is 6.61 Å². The van der Waals surface area contributed by atoms with Crippen LogP contribution in [0.4, 0.5) is 0 Å². The van der Waals surface area contributed by atoms with Gasteiger partial charge in [0.1, 0.15) is 0 Å². The molecule has 0 spiro atoms. The Bertz CT molecular complexity index is 729. The highest BCUT2D eigenvalue weighted by Gasteiger charge is 2.23. The highest BCUT2D eigenvalue weighted by atomic mass is 16.6. The minimum atomic E-state index is -1.29. The van der Waals surface area contributed by atoms with E-state index in [1.165, 1.54) is 154 Å². The Labute approximate surface area is 284 Å². The average Bonchev–Trinajstić information content (AvgIpc) is 3.06. The zero-order valence-corrected chi connectivity index (χ0v) is 30.4. The molecule has 0 aliphatic carbocycles. The molecule has 0 aliphatic rings. The summed E-state index contributed by atoms with van der Waals surface area (Å²) in [5.74, 6) is 0.0548. The lowest BCUT2D eigenvalue weighted by molar-refractivity contribution is -0.155. The van der Waals surface area contributed by atoms with Crippen LogP contribution in [-0.4, -0.2) is 35.7 Å². The van der Waals surface area contributed by atoms with Gasteiger partial charge in [-0.1, -0.05) is 194 Å². The Morgan fingerprint density at radius 3 is 1.04 bits per heavy atom. The minimum absolute atomic E-state index is 0.189. The summed E-state index contributed by atoms with van der Waals surface area (Å²) >= 11 is 0. The van der Waals surface area contributed by atoms with E-state index in [4.69, 9.17) is 9.47 Å². The highest BCUT2D eigenvalue weighted by Crippen LogP contribution is 2.17. The predicted molar refractivity (Wildman–Crippen MR) is 191 cm³/mol. The molecule has 0 radical (unpaired) electrons. The summed E-state index contributed by atoms with van der Waals surface area (Å²) in [5.41, 5.74) is 0. The smallest absolute Gasteiger partial charge is 0.311 e. The Balaban J connectivity index is 3.76. The maximum Gasteiger partial charge on any atom is 0.311 e. The van der Waals surface area contributed by atoms with Crippen LogP contribution in [0.1, 0.15) is 219 Å². The number of esters is 2. The van der Waals surface area contributed by atoms with Crippen LogP contribution in [0.3, 0.4) is 0 Å². The van der Waals surface area contributed by atoms with Crippen molar-refractivity contribution >= 4 is 17.9 Å². The van der Waals surface area contributed by atoms with E-state index in [0.29, 0.717) is 12.8 Å². The van der Waals surface area contributed by atoms with Gasteiger partial charge in [-0.15, -0.1) is 0 Å². The van der Waals surface area contributed by atoms with Crippen LogP contribution in [0.25, 0.3) is 0 Å². The molecule has 0 aromatic rings. The van der Waals surface area contributed by atoms with Crippen LogP contribution in [-0.2, 0) is 23.9 Å². The van der Waals surface area contributed by atoms with Gasteiger partial charge in [0.05, 0.1) is 6.61 Å². The van der Waals surface area contributed by atoms with Gasteiger partial charge in [0.25, 0.3) is 0 Å². The van der Waals surface area contributed by atoms with Gasteiger partial charge in [0.2, 0.25) is 5.76 Å². The number of ether oxygens (including phenoxy) is 2. The standard InChI is InChI=1S/C40H74O6/c1-3-5-7-9-11-13-15-17-19-21-23-25-27-29-31-33-39(43)45-37(35-41)38(36-42)46-40(44)34-32-30-28-26-24-22-20-18-16-14-12-10-8-6-4-2/h37,41H,3-35H2,1-2H3. The van der Waals surface area contributed by atoms with Crippen molar-refractivity contribution in [2.45, 2.75) is 225 Å². The maximum atomic E-state index is 12.3. The van der Waals surface area contributed by atoms with Gasteiger partial charge in [-0.25, -0.2) is 4.79 Å². The predicted octanol–water partition coefficient (Wildman–Crippen LogP) is 11.7.